The lowest BCUT2D eigenvalue weighted by Gasteiger charge is -2.26. The molecule has 0 aliphatic carbocycles. The molecule has 1 aliphatic rings. The summed E-state index contributed by atoms with van der Waals surface area (Å²) in [5.74, 6) is 1.74. The van der Waals surface area contributed by atoms with E-state index in [9.17, 15) is 4.79 Å². The second-order valence-electron chi connectivity index (χ2n) is 6.38. The number of para-hydroxylation sites is 2. The third-order valence-corrected chi connectivity index (χ3v) is 4.56. The molecule has 27 heavy (non-hydrogen) atoms. The number of anilines is 1. The first-order chi connectivity index (χ1) is 13.2. The summed E-state index contributed by atoms with van der Waals surface area (Å²) < 4.78 is 5.66. The number of nitrogens with one attached hydrogen (secondary N) is 3. The van der Waals surface area contributed by atoms with Crippen LogP contribution in [0.2, 0.25) is 0 Å². The summed E-state index contributed by atoms with van der Waals surface area (Å²) in [6.07, 6.45) is 0.466. The van der Waals surface area contributed by atoms with Crippen molar-refractivity contribution in [3.8, 4) is 5.75 Å². The maximum Gasteiger partial charge on any atom is 0.225 e. The number of aliphatic imine (C=N–C) groups is 1. The van der Waals surface area contributed by atoms with Crippen LogP contribution in [0.15, 0.2) is 53.5 Å². The van der Waals surface area contributed by atoms with Crippen molar-refractivity contribution in [2.24, 2.45) is 4.99 Å². The van der Waals surface area contributed by atoms with Crippen LogP contribution in [0, 0.1) is 0 Å². The number of guanidine groups is 1. The molecule has 0 saturated carbocycles. The Hall–Kier alpha value is -3.02. The van der Waals surface area contributed by atoms with E-state index in [1.54, 1.807) is 7.05 Å². The van der Waals surface area contributed by atoms with E-state index in [0.29, 0.717) is 32.1 Å². The van der Waals surface area contributed by atoms with Gasteiger partial charge in [0.25, 0.3) is 0 Å². The largest absolute Gasteiger partial charge is 0.494 e. The summed E-state index contributed by atoms with van der Waals surface area (Å²) in [5, 5.41) is 9.59. The third-order valence-electron chi connectivity index (χ3n) is 4.56. The highest BCUT2D eigenvalue weighted by Crippen LogP contribution is 2.31. The normalized spacial score (nSPS) is 16.3. The fraction of sp³-hybridized carbons (Fsp3) is 0.333. The number of hydrogen-bond donors (Lipinski definition) is 3. The molecule has 6 heteroatoms. The highest BCUT2D eigenvalue weighted by molar-refractivity contribution is 5.94. The Morgan fingerprint density at radius 1 is 1.19 bits per heavy atom. The standard InChI is InChI=1S/C21H26N4O2/c1-3-27-19-11-7-4-8-15(19)13-23-21(22-2)24-14-16-12-20(26)25-18-10-6-5-9-17(16)18/h4-11,16H,3,12-14H2,1-2H3,(H,25,26)(H2,22,23,24). The molecular formula is C21H26N4O2. The van der Waals surface area contributed by atoms with E-state index in [1.165, 1.54) is 0 Å². The summed E-state index contributed by atoms with van der Waals surface area (Å²) in [5.41, 5.74) is 3.13. The Kier molecular flexibility index (Phi) is 6.30. The van der Waals surface area contributed by atoms with Crippen molar-refractivity contribution < 1.29 is 9.53 Å². The average molecular weight is 366 g/mol. The molecule has 1 aliphatic heterocycles. The zero-order valence-corrected chi connectivity index (χ0v) is 15.8. The highest BCUT2D eigenvalue weighted by Gasteiger charge is 2.24. The van der Waals surface area contributed by atoms with Crippen LogP contribution in [0.5, 0.6) is 5.75 Å². The number of rotatable bonds is 6. The van der Waals surface area contributed by atoms with Crippen LogP contribution >= 0.6 is 0 Å². The van der Waals surface area contributed by atoms with E-state index in [4.69, 9.17) is 4.74 Å². The van der Waals surface area contributed by atoms with Gasteiger partial charge in [-0.25, -0.2) is 0 Å². The van der Waals surface area contributed by atoms with Gasteiger partial charge in [-0.05, 0) is 24.6 Å². The van der Waals surface area contributed by atoms with Crippen molar-refractivity contribution >= 4 is 17.6 Å². The molecule has 0 spiro atoms. The van der Waals surface area contributed by atoms with Crippen LogP contribution in [0.1, 0.15) is 30.4 Å². The summed E-state index contributed by atoms with van der Waals surface area (Å²) in [7, 11) is 1.74. The molecule has 0 bridgehead atoms. The Bertz CT molecular complexity index is 819. The molecule has 0 aromatic heterocycles. The minimum atomic E-state index is 0.0501. The molecule has 2 aromatic carbocycles. The second kappa shape index (κ2) is 9.07. The van der Waals surface area contributed by atoms with Crippen LogP contribution in [-0.4, -0.2) is 32.1 Å². The van der Waals surface area contributed by atoms with E-state index < -0.39 is 0 Å². The first-order valence-electron chi connectivity index (χ1n) is 9.25. The number of carbonyl (C=O) groups is 1. The summed E-state index contributed by atoms with van der Waals surface area (Å²) in [4.78, 5) is 16.3. The van der Waals surface area contributed by atoms with Crippen LogP contribution in [-0.2, 0) is 11.3 Å². The highest BCUT2D eigenvalue weighted by atomic mass is 16.5. The van der Waals surface area contributed by atoms with Crippen molar-refractivity contribution in [1.29, 1.82) is 0 Å². The van der Waals surface area contributed by atoms with Crippen LogP contribution < -0.4 is 20.7 Å². The number of ether oxygens (including phenoxy) is 1. The minimum Gasteiger partial charge on any atom is -0.494 e. The fourth-order valence-corrected chi connectivity index (χ4v) is 3.25. The van der Waals surface area contributed by atoms with Crippen LogP contribution in [0.4, 0.5) is 5.69 Å². The maximum atomic E-state index is 12.0. The van der Waals surface area contributed by atoms with Crippen molar-refractivity contribution in [3.05, 3.63) is 59.7 Å². The van der Waals surface area contributed by atoms with E-state index >= 15 is 0 Å². The average Bonchev–Trinajstić information content (AvgIpc) is 2.69. The number of hydrogen-bond acceptors (Lipinski definition) is 3. The van der Waals surface area contributed by atoms with Crippen molar-refractivity contribution in [2.45, 2.75) is 25.8 Å². The Labute approximate surface area is 160 Å². The molecule has 1 atom stereocenters. The maximum absolute atomic E-state index is 12.0. The van der Waals surface area contributed by atoms with Gasteiger partial charge in [-0.1, -0.05) is 36.4 Å². The number of benzene rings is 2. The van der Waals surface area contributed by atoms with Crippen LogP contribution in [0.25, 0.3) is 0 Å². The van der Waals surface area contributed by atoms with E-state index in [1.807, 2.05) is 49.4 Å². The monoisotopic (exact) mass is 366 g/mol. The molecule has 6 nitrogen and oxygen atoms in total. The van der Waals surface area contributed by atoms with Gasteiger partial charge < -0.3 is 20.7 Å². The Balaban J connectivity index is 1.60. The van der Waals surface area contributed by atoms with E-state index in [0.717, 1.165) is 22.6 Å². The Morgan fingerprint density at radius 2 is 1.96 bits per heavy atom. The van der Waals surface area contributed by atoms with E-state index in [2.05, 4.69) is 27.0 Å². The quantitative estimate of drug-likeness (QED) is 0.543. The van der Waals surface area contributed by atoms with Gasteiger partial charge >= 0.3 is 0 Å². The molecule has 2 aromatic rings. The Morgan fingerprint density at radius 3 is 2.78 bits per heavy atom. The van der Waals surface area contributed by atoms with Gasteiger partial charge in [0.1, 0.15) is 5.75 Å². The first kappa shape index (κ1) is 18.8. The first-order valence-corrected chi connectivity index (χ1v) is 9.25. The summed E-state index contributed by atoms with van der Waals surface area (Å²) >= 11 is 0. The molecule has 1 heterocycles. The van der Waals surface area contributed by atoms with Crippen molar-refractivity contribution in [2.75, 3.05) is 25.5 Å². The zero-order chi connectivity index (χ0) is 19.1. The van der Waals surface area contributed by atoms with Gasteiger partial charge in [0.05, 0.1) is 6.61 Å². The fourth-order valence-electron chi connectivity index (χ4n) is 3.25. The topological polar surface area (TPSA) is 74.8 Å². The van der Waals surface area contributed by atoms with Crippen LogP contribution in [0.3, 0.4) is 0 Å². The summed E-state index contributed by atoms with van der Waals surface area (Å²) in [6.45, 7) is 3.85. The van der Waals surface area contributed by atoms with E-state index in [-0.39, 0.29) is 11.8 Å². The molecular weight excluding hydrogens is 340 g/mol. The lowest BCUT2D eigenvalue weighted by molar-refractivity contribution is -0.116. The van der Waals surface area contributed by atoms with Gasteiger partial charge in [-0.2, -0.15) is 0 Å². The van der Waals surface area contributed by atoms with Gasteiger partial charge in [-0.3, -0.25) is 9.79 Å². The number of nitrogens with zero attached hydrogens (tertiary/aromatic N) is 1. The molecule has 0 fully saturated rings. The molecule has 0 radical (unpaired) electrons. The van der Waals surface area contributed by atoms with Gasteiger partial charge in [-0.15, -0.1) is 0 Å². The van der Waals surface area contributed by atoms with Gasteiger partial charge in [0.15, 0.2) is 5.96 Å². The predicted molar refractivity (Wildman–Crippen MR) is 108 cm³/mol. The second-order valence-corrected chi connectivity index (χ2v) is 6.38. The van der Waals surface area contributed by atoms with Crippen molar-refractivity contribution in [3.63, 3.8) is 0 Å². The lowest BCUT2D eigenvalue weighted by Crippen LogP contribution is -2.40. The summed E-state index contributed by atoms with van der Waals surface area (Å²) in [6, 6.07) is 15.9. The lowest BCUT2D eigenvalue weighted by atomic mass is 9.90. The number of fused-ring (bicyclic) bond motifs is 1. The van der Waals surface area contributed by atoms with Gasteiger partial charge in [0, 0.05) is 43.7 Å². The van der Waals surface area contributed by atoms with Gasteiger partial charge in [0.2, 0.25) is 5.91 Å². The molecule has 1 unspecified atom stereocenters. The van der Waals surface area contributed by atoms with Crippen molar-refractivity contribution in [1.82, 2.24) is 10.6 Å². The minimum absolute atomic E-state index is 0.0501. The SMILES string of the molecule is CCOc1ccccc1CNC(=NC)NCC1CC(=O)Nc2ccccc21. The predicted octanol–water partition coefficient (Wildman–Crippen LogP) is 2.88. The smallest absolute Gasteiger partial charge is 0.225 e. The number of carbonyl (C=O) groups excluding carboxylic acids is 1. The molecule has 3 N–H and O–H groups in total. The number of amides is 1. The zero-order valence-electron chi connectivity index (χ0n) is 15.8. The molecule has 1 amide bonds. The molecule has 0 saturated heterocycles. The molecule has 3 rings (SSSR count). The molecule has 142 valence electrons. The third kappa shape index (κ3) is 4.78.